The van der Waals surface area contributed by atoms with E-state index in [4.69, 9.17) is 0 Å². The topological polar surface area (TPSA) is 43.1 Å². The van der Waals surface area contributed by atoms with E-state index in [1.54, 1.807) is 0 Å². The molecule has 52 valence electrons. The van der Waals surface area contributed by atoms with Gasteiger partial charge in [0, 0.05) is 11.0 Å². The molecule has 1 aromatic rings. The van der Waals surface area contributed by atoms with Crippen LogP contribution in [-0.4, -0.2) is 4.92 Å². The number of hydrogen-bond donors (Lipinski definition) is 0. The van der Waals surface area contributed by atoms with Crippen LogP contribution in [0, 0.1) is 10.1 Å². The lowest BCUT2D eigenvalue weighted by Gasteiger charge is -1.77. The van der Waals surface area contributed by atoms with Crippen molar-refractivity contribution >= 4 is 17.4 Å². The summed E-state index contributed by atoms with van der Waals surface area (Å²) in [4.78, 5) is 10.2. The number of thiophene rings is 1. The van der Waals surface area contributed by atoms with E-state index in [2.05, 4.69) is 0 Å². The van der Waals surface area contributed by atoms with Gasteiger partial charge in [0.25, 0.3) is 0 Å². The van der Waals surface area contributed by atoms with E-state index in [0.717, 1.165) is 11.1 Å². The predicted octanol–water partition coefficient (Wildman–Crippen LogP) is 2.00. The molecule has 1 aromatic heterocycles. The van der Waals surface area contributed by atoms with Crippen molar-refractivity contribution < 1.29 is 4.92 Å². The molecule has 0 aliphatic carbocycles. The molecular weight excluding hydrogens is 150 g/mol. The Hall–Kier alpha value is -1.16. The first-order valence-electron chi connectivity index (χ1n) is 2.64. The fourth-order valence-corrected chi connectivity index (χ4v) is 1.13. The maximum Gasteiger partial charge on any atom is 0.235 e. The molecule has 0 atom stereocenters. The van der Waals surface area contributed by atoms with Gasteiger partial charge in [-0.1, -0.05) is 6.07 Å². The monoisotopic (exact) mass is 155 g/mol. The molecule has 0 N–H and O–H groups in total. The zero-order chi connectivity index (χ0) is 7.40. The number of nitro groups is 1. The Morgan fingerprint density at radius 2 is 2.50 bits per heavy atom. The van der Waals surface area contributed by atoms with E-state index in [-0.39, 0.29) is 0 Å². The van der Waals surface area contributed by atoms with E-state index >= 15 is 0 Å². The van der Waals surface area contributed by atoms with Crippen molar-refractivity contribution in [2.45, 2.75) is 0 Å². The number of hydrogen-bond acceptors (Lipinski definition) is 3. The maximum absolute atomic E-state index is 9.82. The van der Waals surface area contributed by atoms with E-state index < -0.39 is 4.92 Å². The first-order chi connectivity index (χ1) is 4.79. The van der Waals surface area contributed by atoms with Crippen LogP contribution in [0.1, 0.15) is 4.88 Å². The fourth-order valence-electron chi connectivity index (χ4n) is 0.520. The highest BCUT2D eigenvalue weighted by atomic mass is 32.1. The van der Waals surface area contributed by atoms with Gasteiger partial charge in [0.05, 0.1) is 4.92 Å². The molecule has 0 bridgehead atoms. The van der Waals surface area contributed by atoms with Crippen LogP contribution in [0.15, 0.2) is 23.7 Å². The van der Waals surface area contributed by atoms with Gasteiger partial charge in [-0.3, -0.25) is 10.1 Å². The molecule has 0 aliphatic heterocycles. The molecule has 0 radical (unpaired) electrons. The minimum atomic E-state index is -0.472. The Labute approximate surface area is 61.8 Å². The fraction of sp³-hybridized carbons (Fsp3) is 0. The summed E-state index contributed by atoms with van der Waals surface area (Å²) in [6, 6.07) is 3.68. The van der Waals surface area contributed by atoms with Gasteiger partial charge in [-0.15, -0.1) is 11.3 Å². The average molecular weight is 155 g/mol. The van der Waals surface area contributed by atoms with Gasteiger partial charge in [0.15, 0.2) is 0 Å². The molecule has 0 unspecified atom stereocenters. The summed E-state index contributed by atoms with van der Waals surface area (Å²) in [5, 5.41) is 11.7. The molecule has 0 aromatic carbocycles. The van der Waals surface area contributed by atoms with E-state index in [9.17, 15) is 10.1 Å². The van der Waals surface area contributed by atoms with Crippen LogP contribution in [0.25, 0.3) is 6.08 Å². The van der Waals surface area contributed by atoms with Crippen molar-refractivity contribution in [1.82, 2.24) is 0 Å². The van der Waals surface area contributed by atoms with Gasteiger partial charge in [-0.25, -0.2) is 0 Å². The average Bonchev–Trinajstić information content (AvgIpc) is 2.34. The summed E-state index contributed by atoms with van der Waals surface area (Å²) in [7, 11) is 0. The van der Waals surface area contributed by atoms with Crippen molar-refractivity contribution in [1.29, 1.82) is 0 Å². The van der Waals surface area contributed by atoms with Crippen LogP contribution in [0.4, 0.5) is 0 Å². The van der Waals surface area contributed by atoms with Gasteiger partial charge in [0.2, 0.25) is 6.20 Å². The Kier molecular flexibility index (Phi) is 2.17. The standard InChI is InChI=1S/C6H5NO2S/c8-7(9)4-3-6-2-1-5-10-6/h1-5H/b4-3+. The Bertz CT molecular complexity index is 240. The molecular formula is C6H5NO2S. The Balaban J connectivity index is 2.64. The van der Waals surface area contributed by atoms with Gasteiger partial charge in [0.1, 0.15) is 0 Å². The minimum absolute atomic E-state index is 0.472. The quantitative estimate of drug-likeness (QED) is 0.484. The van der Waals surface area contributed by atoms with Crippen LogP contribution >= 0.6 is 11.3 Å². The summed E-state index contributed by atoms with van der Waals surface area (Å²) in [6.07, 6.45) is 2.41. The van der Waals surface area contributed by atoms with E-state index in [1.165, 1.54) is 17.4 Å². The molecule has 10 heavy (non-hydrogen) atoms. The maximum atomic E-state index is 9.82. The summed E-state index contributed by atoms with van der Waals surface area (Å²) in [5.74, 6) is 0. The highest BCUT2D eigenvalue weighted by Crippen LogP contribution is 2.09. The second-order valence-corrected chi connectivity index (χ2v) is 2.60. The zero-order valence-corrected chi connectivity index (χ0v) is 5.88. The lowest BCUT2D eigenvalue weighted by molar-refractivity contribution is -0.400. The molecule has 0 saturated heterocycles. The van der Waals surface area contributed by atoms with Crippen molar-refractivity contribution in [3.63, 3.8) is 0 Å². The van der Waals surface area contributed by atoms with E-state index in [1.807, 2.05) is 17.5 Å². The molecule has 0 saturated carbocycles. The van der Waals surface area contributed by atoms with Crippen LogP contribution in [0.3, 0.4) is 0 Å². The lowest BCUT2D eigenvalue weighted by Crippen LogP contribution is -1.80. The smallest absolute Gasteiger partial charge is 0.235 e. The third kappa shape index (κ3) is 1.99. The molecule has 0 spiro atoms. The van der Waals surface area contributed by atoms with Crippen LogP contribution in [-0.2, 0) is 0 Å². The summed E-state index contributed by atoms with van der Waals surface area (Å²) < 4.78 is 0. The second-order valence-electron chi connectivity index (χ2n) is 1.62. The zero-order valence-electron chi connectivity index (χ0n) is 5.06. The van der Waals surface area contributed by atoms with Crippen molar-refractivity contribution in [3.05, 3.63) is 38.7 Å². The van der Waals surface area contributed by atoms with Crippen molar-refractivity contribution in [2.75, 3.05) is 0 Å². The molecule has 3 nitrogen and oxygen atoms in total. The molecule has 1 heterocycles. The first-order valence-corrected chi connectivity index (χ1v) is 3.52. The van der Waals surface area contributed by atoms with Crippen LogP contribution in [0.2, 0.25) is 0 Å². The minimum Gasteiger partial charge on any atom is -0.259 e. The van der Waals surface area contributed by atoms with Gasteiger partial charge in [-0.2, -0.15) is 0 Å². The van der Waals surface area contributed by atoms with Crippen LogP contribution < -0.4 is 0 Å². The highest BCUT2D eigenvalue weighted by molar-refractivity contribution is 7.10. The Morgan fingerprint density at radius 1 is 1.70 bits per heavy atom. The molecule has 4 heteroatoms. The third-order valence-corrected chi connectivity index (χ3v) is 1.74. The van der Waals surface area contributed by atoms with Gasteiger partial charge >= 0.3 is 0 Å². The van der Waals surface area contributed by atoms with Gasteiger partial charge in [-0.05, 0) is 11.4 Å². The largest absolute Gasteiger partial charge is 0.259 e. The molecule has 0 amide bonds. The van der Waals surface area contributed by atoms with E-state index in [0.29, 0.717) is 0 Å². The summed E-state index contributed by atoms with van der Waals surface area (Å²) in [6.45, 7) is 0. The van der Waals surface area contributed by atoms with Crippen molar-refractivity contribution in [2.24, 2.45) is 0 Å². The summed E-state index contributed by atoms with van der Waals surface area (Å²) >= 11 is 1.47. The SMILES string of the molecule is O=[N+]([O-])/C=C/c1cccs1. The van der Waals surface area contributed by atoms with Crippen LogP contribution in [0.5, 0.6) is 0 Å². The van der Waals surface area contributed by atoms with Crippen molar-refractivity contribution in [3.8, 4) is 0 Å². The summed E-state index contributed by atoms with van der Waals surface area (Å²) in [5.41, 5.74) is 0. The van der Waals surface area contributed by atoms with Gasteiger partial charge < -0.3 is 0 Å². The Morgan fingerprint density at radius 3 is 3.00 bits per heavy atom. The molecule has 0 aliphatic rings. The lowest BCUT2D eigenvalue weighted by atomic mass is 10.5. The predicted molar refractivity (Wildman–Crippen MR) is 40.3 cm³/mol. The molecule has 1 rings (SSSR count). The highest BCUT2D eigenvalue weighted by Gasteiger charge is 1.88. The second kappa shape index (κ2) is 3.12. The molecule has 0 fully saturated rings. The first kappa shape index (κ1) is 6.95. The number of nitrogens with zero attached hydrogens (tertiary/aromatic N) is 1. The number of rotatable bonds is 2. The third-order valence-electron chi connectivity index (χ3n) is 0.904. The normalized spacial score (nSPS) is 10.4.